The average molecular weight is 307 g/mol. The minimum atomic E-state index is -4.35. The van der Waals surface area contributed by atoms with Gasteiger partial charge >= 0.3 is 12.1 Å². The first kappa shape index (κ1) is 12.2. The fourth-order valence-electron chi connectivity index (χ4n) is 1.47. The van der Waals surface area contributed by atoms with Crippen molar-refractivity contribution >= 4 is 28.0 Å². The van der Waals surface area contributed by atoms with E-state index in [1.165, 1.54) is 18.2 Å². The summed E-state index contributed by atoms with van der Waals surface area (Å²) in [6.07, 6.45) is -3.25. The summed E-state index contributed by atoms with van der Waals surface area (Å²) in [4.78, 5) is 11.3. The zero-order valence-electron chi connectivity index (χ0n) is 8.29. The zero-order valence-corrected chi connectivity index (χ0v) is 9.88. The number of carbonyl (C=O) groups is 1. The molecule has 6 heteroatoms. The molecule has 0 fully saturated rings. The third-order valence-corrected chi connectivity index (χ3v) is 2.90. The highest BCUT2D eigenvalue weighted by Gasteiger charge is 2.29. The number of cyclic esters (lactones) is 1. The number of hydrogen-bond acceptors (Lipinski definition) is 2. The maximum absolute atomic E-state index is 12.0. The van der Waals surface area contributed by atoms with Gasteiger partial charge < -0.3 is 4.74 Å². The van der Waals surface area contributed by atoms with Crippen molar-refractivity contribution in [3.63, 3.8) is 0 Å². The van der Waals surface area contributed by atoms with Crippen LogP contribution in [0.1, 0.15) is 26.5 Å². The van der Waals surface area contributed by atoms with Crippen LogP contribution in [-0.2, 0) is 4.74 Å². The lowest BCUT2D eigenvalue weighted by molar-refractivity contribution is -0.0790. The Bertz CT molecular complexity index is 494. The van der Waals surface area contributed by atoms with Crippen molar-refractivity contribution in [2.45, 2.75) is 11.2 Å². The van der Waals surface area contributed by atoms with Gasteiger partial charge in [0.15, 0.2) is 5.01 Å². The van der Waals surface area contributed by atoms with E-state index in [2.05, 4.69) is 15.9 Å². The molecule has 0 radical (unpaired) electrons. The molecule has 0 spiro atoms. The predicted molar refractivity (Wildman–Crippen MR) is 58.6 cm³/mol. The van der Waals surface area contributed by atoms with Gasteiger partial charge in [0.05, 0.1) is 5.56 Å². The van der Waals surface area contributed by atoms with Gasteiger partial charge in [0.25, 0.3) is 0 Å². The number of alkyl halides is 4. The van der Waals surface area contributed by atoms with Crippen molar-refractivity contribution in [1.29, 1.82) is 0 Å². The SMILES string of the molecule is O=C1OC(Br)c2cc(/C=C/C(F)(F)F)ccc21. The second-order valence-corrected chi connectivity index (χ2v) is 4.27. The maximum Gasteiger partial charge on any atom is 0.409 e. The van der Waals surface area contributed by atoms with Crippen molar-refractivity contribution in [1.82, 2.24) is 0 Å². The molecule has 0 bridgehead atoms. The minimum absolute atomic E-state index is 0.148. The molecule has 17 heavy (non-hydrogen) atoms. The number of fused-ring (bicyclic) bond motifs is 1. The highest BCUT2D eigenvalue weighted by atomic mass is 79.9. The Balaban J connectivity index is 2.32. The molecule has 90 valence electrons. The number of halogens is 4. The maximum atomic E-state index is 12.0. The van der Waals surface area contributed by atoms with Crippen LogP contribution in [0.2, 0.25) is 0 Å². The fraction of sp³-hybridized carbons (Fsp3) is 0.182. The van der Waals surface area contributed by atoms with Crippen LogP contribution in [0.15, 0.2) is 24.3 Å². The third kappa shape index (κ3) is 2.69. The molecular weight excluding hydrogens is 301 g/mol. The van der Waals surface area contributed by atoms with Crippen molar-refractivity contribution in [2.75, 3.05) is 0 Å². The number of rotatable bonds is 1. The van der Waals surface area contributed by atoms with Crippen molar-refractivity contribution in [3.8, 4) is 0 Å². The van der Waals surface area contributed by atoms with Crippen LogP contribution in [0.4, 0.5) is 13.2 Å². The largest absolute Gasteiger partial charge is 0.442 e. The second-order valence-electron chi connectivity index (χ2n) is 3.44. The Morgan fingerprint density at radius 1 is 1.35 bits per heavy atom. The Morgan fingerprint density at radius 3 is 2.71 bits per heavy atom. The fourth-order valence-corrected chi connectivity index (χ4v) is 2.02. The van der Waals surface area contributed by atoms with E-state index < -0.39 is 17.2 Å². The molecule has 1 aromatic rings. The summed E-state index contributed by atoms with van der Waals surface area (Å²) in [7, 11) is 0. The Hall–Kier alpha value is -1.30. The van der Waals surface area contributed by atoms with Crippen LogP contribution in [0.3, 0.4) is 0 Å². The molecule has 0 amide bonds. The molecular formula is C11H6BrF3O2. The molecule has 2 rings (SSSR count). The lowest BCUT2D eigenvalue weighted by atomic mass is 10.1. The zero-order chi connectivity index (χ0) is 12.6. The minimum Gasteiger partial charge on any atom is -0.442 e. The van der Waals surface area contributed by atoms with Gasteiger partial charge in [-0.2, -0.15) is 13.2 Å². The highest BCUT2D eigenvalue weighted by Crippen LogP contribution is 2.35. The topological polar surface area (TPSA) is 26.3 Å². The summed E-state index contributed by atoms with van der Waals surface area (Å²) < 4.78 is 40.8. The first-order valence-electron chi connectivity index (χ1n) is 4.62. The summed E-state index contributed by atoms with van der Waals surface area (Å²) in [5, 5.41) is -0.593. The Labute approximate surface area is 103 Å². The Kier molecular flexibility index (Phi) is 2.99. The molecule has 1 unspecified atom stereocenters. The second kappa shape index (κ2) is 4.18. The third-order valence-electron chi connectivity index (χ3n) is 2.22. The van der Waals surface area contributed by atoms with Gasteiger partial charge in [0.2, 0.25) is 0 Å². The number of carbonyl (C=O) groups excluding carboxylic acids is 1. The van der Waals surface area contributed by atoms with Gasteiger partial charge in [-0.15, -0.1) is 0 Å². The molecule has 0 saturated carbocycles. The Morgan fingerprint density at radius 2 is 2.06 bits per heavy atom. The number of ether oxygens (including phenoxy) is 1. The average Bonchev–Trinajstić information content (AvgIpc) is 2.51. The van der Waals surface area contributed by atoms with Gasteiger partial charge in [0, 0.05) is 11.6 Å². The molecule has 0 aliphatic carbocycles. The van der Waals surface area contributed by atoms with Crippen molar-refractivity contribution in [3.05, 3.63) is 41.0 Å². The summed E-state index contributed by atoms with van der Waals surface area (Å²) in [5.74, 6) is -0.478. The first-order chi connectivity index (χ1) is 7.87. The summed E-state index contributed by atoms with van der Waals surface area (Å²) in [6.45, 7) is 0. The van der Waals surface area contributed by atoms with E-state index in [4.69, 9.17) is 4.74 Å². The number of benzene rings is 1. The highest BCUT2D eigenvalue weighted by molar-refractivity contribution is 9.09. The summed E-state index contributed by atoms with van der Waals surface area (Å²) in [6, 6.07) is 4.38. The smallest absolute Gasteiger partial charge is 0.409 e. The van der Waals surface area contributed by atoms with Crippen LogP contribution in [0, 0.1) is 0 Å². The van der Waals surface area contributed by atoms with E-state index in [0.29, 0.717) is 16.7 Å². The molecule has 1 aliphatic heterocycles. The number of esters is 1. The van der Waals surface area contributed by atoms with Crippen molar-refractivity contribution in [2.24, 2.45) is 0 Å². The molecule has 2 nitrogen and oxygen atoms in total. The predicted octanol–water partition coefficient (Wildman–Crippen LogP) is 3.83. The van der Waals surface area contributed by atoms with Crippen LogP contribution < -0.4 is 0 Å². The molecule has 1 atom stereocenters. The van der Waals surface area contributed by atoms with E-state index in [1.807, 2.05) is 0 Å². The van der Waals surface area contributed by atoms with Gasteiger partial charge in [0.1, 0.15) is 0 Å². The molecule has 1 heterocycles. The van der Waals surface area contributed by atoms with Crippen LogP contribution in [0.5, 0.6) is 0 Å². The summed E-state index contributed by atoms with van der Waals surface area (Å²) >= 11 is 3.11. The molecule has 0 saturated heterocycles. The van der Waals surface area contributed by atoms with E-state index in [-0.39, 0.29) is 6.08 Å². The molecule has 0 N–H and O–H groups in total. The van der Waals surface area contributed by atoms with E-state index in [1.54, 1.807) is 0 Å². The van der Waals surface area contributed by atoms with E-state index >= 15 is 0 Å². The number of hydrogen-bond donors (Lipinski definition) is 0. The van der Waals surface area contributed by atoms with Gasteiger partial charge in [-0.05, 0) is 33.6 Å². The van der Waals surface area contributed by atoms with Gasteiger partial charge in [-0.3, -0.25) is 0 Å². The van der Waals surface area contributed by atoms with Crippen LogP contribution in [-0.4, -0.2) is 12.1 Å². The van der Waals surface area contributed by atoms with E-state index in [0.717, 1.165) is 6.08 Å². The van der Waals surface area contributed by atoms with Crippen LogP contribution >= 0.6 is 15.9 Å². The quantitative estimate of drug-likeness (QED) is 0.582. The van der Waals surface area contributed by atoms with Gasteiger partial charge in [-0.25, -0.2) is 4.79 Å². The summed E-state index contributed by atoms with van der Waals surface area (Å²) in [5.41, 5.74) is 1.28. The lowest BCUT2D eigenvalue weighted by Crippen LogP contribution is -2.00. The van der Waals surface area contributed by atoms with Crippen molar-refractivity contribution < 1.29 is 22.7 Å². The van der Waals surface area contributed by atoms with Crippen LogP contribution in [0.25, 0.3) is 6.08 Å². The normalized spacial score (nSPS) is 19.5. The monoisotopic (exact) mass is 306 g/mol. The van der Waals surface area contributed by atoms with E-state index in [9.17, 15) is 18.0 Å². The molecule has 0 aromatic heterocycles. The lowest BCUT2D eigenvalue weighted by Gasteiger charge is -2.02. The standard InChI is InChI=1S/C11H6BrF3O2/c12-9-8-5-6(3-4-11(13,14)15)1-2-7(8)10(16)17-9/h1-5,9H/b4-3+. The van der Waals surface area contributed by atoms with Gasteiger partial charge in [-0.1, -0.05) is 12.1 Å². The molecule has 1 aliphatic rings. The first-order valence-corrected chi connectivity index (χ1v) is 5.53. The molecule has 1 aromatic carbocycles. The number of allylic oxidation sites excluding steroid dienone is 1.